The molecule has 2 heterocycles. The van der Waals surface area contributed by atoms with Crippen LogP contribution < -0.4 is 4.90 Å². The molecule has 2 aliphatic heterocycles. The van der Waals surface area contributed by atoms with Crippen molar-refractivity contribution >= 4 is 17.7 Å². The van der Waals surface area contributed by atoms with Crippen LogP contribution in [-0.2, 0) is 20.7 Å². The van der Waals surface area contributed by atoms with E-state index in [0.29, 0.717) is 13.1 Å². The number of rotatable bonds is 1. The molecule has 0 unspecified atom stereocenters. The molecule has 1 aromatic rings. The van der Waals surface area contributed by atoms with E-state index in [1.165, 1.54) is 17.6 Å². The van der Waals surface area contributed by atoms with Gasteiger partial charge in [-0.1, -0.05) is 18.2 Å². The molecule has 0 N–H and O–H groups in total. The first-order valence-electron chi connectivity index (χ1n) is 8.22. The lowest BCUT2D eigenvalue weighted by atomic mass is 10.1. The minimum Gasteiger partial charge on any atom is -0.467 e. The van der Waals surface area contributed by atoms with Gasteiger partial charge in [0.05, 0.1) is 13.2 Å². The number of anilines is 1. The number of amides is 1. The molecule has 2 aliphatic rings. The standard InChI is InChI=1S/C18H24N2O4/c1-18(2,3)24-17(22)20-10-13-9-12-7-5-6-8-14(12)19(13)11-15(20)16(21)23-4/h5-8,13,15H,9-11H2,1-4H3/t13-,15-/m0/s1. The highest BCUT2D eigenvalue weighted by atomic mass is 16.6. The Balaban J connectivity index is 1.86. The number of esters is 1. The Bertz CT molecular complexity index is 653. The first kappa shape index (κ1) is 16.6. The number of nitrogens with zero attached hydrogens (tertiary/aromatic N) is 2. The van der Waals surface area contributed by atoms with E-state index in [1.807, 2.05) is 32.9 Å². The molecule has 2 atom stereocenters. The van der Waals surface area contributed by atoms with Gasteiger partial charge in [0.1, 0.15) is 5.60 Å². The van der Waals surface area contributed by atoms with E-state index in [2.05, 4.69) is 17.0 Å². The summed E-state index contributed by atoms with van der Waals surface area (Å²) in [5.74, 6) is -0.413. The zero-order valence-corrected chi connectivity index (χ0v) is 14.6. The van der Waals surface area contributed by atoms with Gasteiger partial charge in [0.15, 0.2) is 6.04 Å². The molecular formula is C18H24N2O4. The van der Waals surface area contributed by atoms with Gasteiger partial charge in [0.25, 0.3) is 0 Å². The summed E-state index contributed by atoms with van der Waals surface area (Å²) >= 11 is 0. The zero-order valence-electron chi connectivity index (χ0n) is 14.6. The summed E-state index contributed by atoms with van der Waals surface area (Å²) in [5, 5.41) is 0. The molecule has 1 fully saturated rings. The van der Waals surface area contributed by atoms with Gasteiger partial charge in [-0.2, -0.15) is 0 Å². The van der Waals surface area contributed by atoms with E-state index in [4.69, 9.17) is 9.47 Å². The van der Waals surface area contributed by atoms with Crippen LogP contribution in [0.1, 0.15) is 26.3 Å². The molecule has 1 amide bonds. The van der Waals surface area contributed by atoms with Gasteiger partial charge < -0.3 is 14.4 Å². The van der Waals surface area contributed by atoms with E-state index in [-0.39, 0.29) is 6.04 Å². The Morgan fingerprint density at radius 2 is 1.88 bits per heavy atom. The van der Waals surface area contributed by atoms with Crippen molar-refractivity contribution in [3.63, 3.8) is 0 Å². The van der Waals surface area contributed by atoms with Crippen LogP contribution in [0, 0.1) is 0 Å². The maximum Gasteiger partial charge on any atom is 0.411 e. The molecule has 0 aliphatic carbocycles. The predicted octanol–water partition coefficient (Wildman–Crippen LogP) is 2.21. The monoisotopic (exact) mass is 332 g/mol. The van der Waals surface area contributed by atoms with Crippen LogP contribution in [-0.4, -0.2) is 54.8 Å². The SMILES string of the molecule is COC(=O)[C@@H]1CN2c3ccccc3C[C@H]2CN1C(=O)OC(C)(C)C. The van der Waals surface area contributed by atoms with E-state index in [0.717, 1.165) is 12.1 Å². The fourth-order valence-corrected chi connectivity index (χ4v) is 3.43. The van der Waals surface area contributed by atoms with Crippen LogP contribution in [0.2, 0.25) is 0 Å². The number of ether oxygens (including phenoxy) is 2. The number of methoxy groups -OCH3 is 1. The molecule has 0 spiro atoms. The Morgan fingerprint density at radius 1 is 1.17 bits per heavy atom. The average molecular weight is 332 g/mol. The van der Waals surface area contributed by atoms with E-state index in [1.54, 1.807) is 0 Å². The lowest BCUT2D eigenvalue weighted by Gasteiger charge is -2.43. The van der Waals surface area contributed by atoms with E-state index < -0.39 is 23.7 Å². The molecule has 130 valence electrons. The van der Waals surface area contributed by atoms with Crippen LogP contribution in [0.25, 0.3) is 0 Å². The van der Waals surface area contributed by atoms with Gasteiger partial charge in [-0.05, 0) is 38.8 Å². The Labute approximate surface area is 142 Å². The van der Waals surface area contributed by atoms with Crippen molar-refractivity contribution in [2.75, 3.05) is 25.1 Å². The second kappa shape index (κ2) is 6.00. The van der Waals surface area contributed by atoms with Crippen LogP contribution in [0.4, 0.5) is 10.5 Å². The normalized spacial score (nSPS) is 22.7. The Kier molecular flexibility index (Phi) is 4.15. The summed E-state index contributed by atoms with van der Waals surface area (Å²) in [4.78, 5) is 28.6. The smallest absolute Gasteiger partial charge is 0.411 e. The largest absolute Gasteiger partial charge is 0.467 e. The molecule has 6 heteroatoms. The predicted molar refractivity (Wildman–Crippen MR) is 90.0 cm³/mol. The number of hydrogen-bond donors (Lipinski definition) is 0. The number of para-hydroxylation sites is 1. The van der Waals surface area contributed by atoms with Crippen molar-refractivity contribution in [1.82, 2.24) is 4.90 Å². The lowest BCUT2D eigenvalue weighted by molar-refractivity contribution is -0.147. The second-order valence-electron chi connectivity index (χ2n) is 7.31. The zero-order chi connectivity index (χ0) is 17.5. The van der Waals surface area contributed by atoms with Crippen molar-refractivity contribution in [3.8, 4) is 0 Å². The third-order valence-corrected chi connectivity index (χ3v) is 4.45. The van der Waals surface area contributed by atoms with Crippen LogP contribution >= 0.6 is 0 Å². The highest BCUT2D eigenvalue weighted by Gasteiger charge is 2.45. The van der Waals surface area contributed by atoms with E-state index >= 15 is 0 Å². The van der Waals surface area contributed by atoms with Crippen molar-refractivity contribution in [2.24, 2.45) is 0 Å². The summed E-state index contributed by atoms with van der Waals surface area (Å²) in [6.45, 7) is 6.33. The molecule has 3 rings (SSSR count). The van der Waals surface area contributed by atoms with Crippen molar-refractivity contribution in [3.05, 3.63) is 29.8 Å². The molecule has 0 saturated carbocycles. The number of fused-ring (bicyclic) bond motifs is 3. The van der Waals surface area contributed by atoms with Crippen molar-refractivity contribution in [2.45, 2.75) is 44.9 Å². The highest BCUT2D eigenvalue weighted by Crippen LogP contribution is 2.35. The van der Waals surface area contributed by atoms with Gasteiger partial charge in [-0.15, -0.1) is 0 Å². The molecule has 1 saturated heterocycles. The molecule has 1 aromatic carbocycles. The number of hydrogen-bond acceptors (Lipinski definition) is 5. The topological polar surface area (TPSA) is 59.1 Å². The van der Waals surface area contributed by atoms with Crippen LogP contribution in [0.15, 0.2) is 24.3 Å². The molecule has 0 bridgehead atoms. The summed E-state index contributed by atoms with van der Waals surface area (Å²) in [7, 11) is 1.35. The van der Waals surface area contributed by atoms with E-state index in [9.17, 15) is 9.59 Å². The van der Waals surface area contributed by atoms with Crippen molar-refractivity contribution < 1.29 is 19.1 Å². The maximum absolute atomic E-state index is 12.6. The van der Waals surface area contributed by atoms with Crippen LogP contribution in [0.5, 0.6) is 0 Å². The fraction of sp³-hybridized carbons (Fsp3) is 0.556. The number of piperazine rings is 1. The summed E-state index contributed by atoms with van der Waals surface area (Å²) < 4.78 is 10.4. The molecule has 6 nitrogen and oxygen atoms in total. The molecule has 0 aromatic heterocycles. The maximum atomic E-state index is 12.6. The summed E-state index contributed by atoms with van der Waals surface area (Å²) in [5.41, 5.74) is 1.78. The third kappa shape index (κ3) is 3.05. The number of carbonyl (C=O) groups excluding carboxylic acids is 2. The van der Waals surface area contributed by atoms with Crippen molar-refractivity contribution in [1.29, 1.82) is 0 Å². The van der Waals surface area contributed by atoms with Gasteiger partial charge in [0.2, 0.25) is 0 Å². The summed E-state index contributed by atoms with van der Waals surface area (Å²) in [6, 6.07) is 7.67. The average Bonchev–Trinajstić information content (AvgIpc) is 2.89. The quantitative estimate of drug-likeness (QED) is 0.738. The fourth-order valence-electron chi connectivity index (χ4n) is 3.43. The minimum absolute atomic E-state index is 0.163. The van der Waals surface area contributed by atoms with Gasteiger partial charge in [-0.25, -0.2) is 9.59 Å². The van der Waals surface area contributed by atoms with Crippen LogP contribution in [0.3, 0.4) is 0 Å². The first-order chi connectivity index (χ1) is 11.3. The summed E-state index contributed by atoms with van der Waals surface area (Å²) in [6.07, 6.45) is 0.400. The first-order valence-corrected chi connectivity index (χ1v) is 8.22. The molecule has 0 radical (unpaired) electrons. The Morgan fingerprint density at radius 3 is 2.54 bits per heavy atom. The van der Waals surface area contributed by atoms with Gasteiger partial charge >= 0.3 is 12.1 Å². The Hall–Kier alpha value is -2.24. The highest BCUT2D eigenvalue weighted by molar-refractivity contribution is 5.83. The number of benzene rings is 1. The molecular weight excluding hydrogens is 308 g/mol. The van der Waals surface area contributed by atoms with Gasteiger partial charge in [-0.3, -0.25) is 4.90 Å². The number of carbonyl (C=O) groups is 2. The third-order valence-electron chi connectivity index (χ3n) is 4.45. The minimum atomic E-state index is -0.660. The lowest BCUT2D eigenvalue weighted by Crippen LogP contribution is -2.62. The van der Waals surface area contributed by atoms with Gasteiger partial charge in [0, 0.05) is 18.8 Å². The second-order valence-corrected chi connectivity index (χ2v) is 7.31. The molecule has 24 heavy (non-hydrogen) atoms.